The number of halogens is 1. The van der Waals surface area contributed by atoms with Crippen LogP contribution in [-0.2, 0) is 4.74 Å². The van der Waals surface area contributed by atoms with Gasteiger partial charge in [0.15, 0.2) is 5.96 Å². The van der Waals surface area contributed by atoms with Crippen LogP contribution in [0.3, 0.4) is 0 Å². The summed E-state index contributed by atoms with van der Waals surface area (Å²) in [7, 11) is 0. The van der Waals surface area contributed by atoms with E-state index in [0.29, 0.717) is 12.1 Å². The molecule has 2 aliphatic rings. The van der Waals surface area contributed by atoms with Crippen molar-refractivity contribution < 1.29 is 4.74 Å². The SMILES string of the molecule is CCNC(=NCC1CCCN1CC)N1CCC(OCC)CC1.I. The second kappa shape index (κ2) is 11.5. The van der Waals surface area contributed by atoms with E-state index in [2.05, 4.69) is 35.9 Å². The van der Waals surface area contributed by atoms with Gasteiger partial charge < -0.3 is 15.0 Å². The van der Waals surface area contributed by atoms with Crippen molar-refractivity contribution >= 4 is 29.9 Å². The Balaban J connectivity index is 0.00000264. The largest absolute Gasteiger partial charge is 0.378 e. The average Bonchev–Trinajstić information content (AvgIpc) is 3.00. The van der Waals surface area contributed by atoms with Gasteiger partial charge in [0.2, 0.25) is 0 Å². The molecule has 0 aromatic heterocycles. The quantitative estimate of drug-likeness (QED) is 0.393. The molecule has 1 N–H and O–H groups in total. The highest BCUT2D eigenvalue weighted by Gasteiger charge is 2.24. The van der Waals surface area contributed by atoms with E-state index in [1.165, 1.54) is 19.4 Å². The summed E-state index contributed by atoms with van der Waals surface area (Å²) < 4.78 is 5.75. The first-order chi connectivity index (χ1) is 10.8. The highest BCUT2D eigenvalue weighted by Crippen LogP contribution is 2.17. The first kappa shape index (κ1) is 21.0. The van der Waals surface area contributed by atoms with E-state index in [9.17, 15) is 0 Å². The predicted molar refractivity (Wildman–Crippen MR) is 108 cm³/mol. The van der Waals surface area contributed by atoms with Crippen LogP contribution in [-0.4, -0.2) is 73.8 Å². The zero-order chi connectivity index (χ0) is 15.8. The fourth-order valence-electron chi connectivity index (χ4n) is 3.61. The number of ether oxygens (including phenoxy) is 1. The monoisotopic (exact) mass is 438 g/mol. The molecule has 0 saturated carbocycles. The maximum atomic E-state index is 5.75. The van der Waals surface area contributed by atoms with Gasteiger partial charge in [0.25, 0.3) is 0 Å². The van der Waals surface area contributed by atoms with E-state index in [0.717, 1.165) is 58.1 Å². The lowest BCUT2D eigenvalue weighted by Gasteiger charge is -2.34. The van der Waals surface area contributed by atoms with E-state index >= 15 is 0 Å². The summed E-state index contributed by atoms with van der Waals surface area (Å²) in [6, 6.07) is 0.639. The second-order valence-corrected chi connectivity index (χ2v) is 6.26. The fraction of sp³-hybridized carbons (Fsp3) is 0.941. The molecule has 2 fully saturated rings. The zero-order valence-corrected chi connectivity index (χ0v) is 17.4. The molecule has 1 unspecified atom stereocenters. The Hall–Kier alpha value is -0.0800. The molecule has 0 aromatic rings. The third-order valence-corrected chi connectivity index (χ3v) is 4.84. The summed E-state index contributed by atoms with van der Waals surface area (Å²) in [4.78, 5) is 9.91. The van der Waals surface area contributed by atoms with Crippen LogP contribution >= 0.6 is 24.0 Å². The van der Waals surface area contributed by atoms with Gasteiger partial charge in [-0.05, 0) is 52.6 Å². The first-order valence-corrected chi connectivity index (χ1v) is 9.17. The molecular weight excluding hydrogens is 403 g/mol. The summed E-state index contributed by atoms with van der Waals surface area (Å²) in [6.07, 6.45) is 5.29. The normalized spacial score (nSPS) is 23.9. The van der Waals surface area contributed by atoms with Gasteiger partial charge in [-0.1, -0.05) is 6.92 Å². The van der Waals surface area contributed by atoms with E-state index in [1.54, 1.807) is 0 Å². The number of rotatable bonds is 6. The number of piperidine rings is 1. The molecule has 5 nitrogen and oxygen atoms in total. The van der Waals surface area contributed by atoms with E-state index in [-0.39, 0.29) is 24.0 Å². The lowest BCUT2D eigenvalue weighted by Crippen LogP contribution is -2.47. The number of likely N-dealkylation sites (tertiary alicyclic amines) is 2. The van der Waals surface area contributed by atoms with Crippen LogP contribution in [0.1, 0.15) is 46.5 Å². The Morgan fingerprint density at radius 2 is 1.87 bits per heavy atom. The highest BCUT2D eigenvalue weighted by molar-refractivity contribution is 14.0. The lowest BCUT2D eigenvalue weighted by molar-refractivity contribution is 0.0263. The molecular formula is C17H35IN4O. The third kappa shape index (κ3) is 6.38. The van der Waals surface area contributed by atoms with Gasteiger partial charge in [0.1, 0.15) is 0 Å². The molecule has 0 spiro atoms. The van der Waals surface area contributed by atoms with Gasteiger partial charge in [0.05, 0.1) is 12.6 Å². The topological polar surface area (TPSA) is 40.1 Å². The van der Waals surface area contributed by atoms with E-state index < -0.39 is 0 Å². The molecule has 2 saturated heterocycles. The highest BCUT2D eigenvalue weighted by atomic mass is 127. The molecule has 136 valence electrons. The minimum absolute atomic E-state index is 0. The van der Waals surface area contributed by atoms with Crippen LogP contribution in [0.15, 0.2) is 4.99 Å². The summed E-state index contributed by atoms with van der Waals surface area (Å²) in [5.41, 5.74) is 0. The fourth-order valence-corrected chi connectivity index (χ4v) is 3.61. The summed E-state index contributed by atoms with van der Waals surface area (Å²) in [6.45, 7) is 13.7. The lowest BCUT2D eigenvalue weighted by atomic mass is 10.1. The second-order valence-electron chi connectivity index (χ2n) is 6.26. The number of nitrogens with zero attached hydrogens (tertiary/aromatic N) is 3. The Morgan fingerprint density at radius 3 is 2.48 bits per heavy atom. The third-order valence-electron chi connectivity index (χ3n) is 4.84. The standard InChI is InChI=1S/C17H34N4O.HI/c1-4-18-17(19-14-15-8-7-11-20(15)5-2)21-12-9-16(10-13-21)22-6-3;/h15-16H,4-14H2,1-3H3,(H,18,19);1H. The van der Waals surface area contributed by atoms with Crippen molar-refractivity contribution in [1.29, 1.82) is 0 Å². The number of hydrogen-bond donors (Lipinski definition) is 1. The number of aliphatic imine (C=N–C) groups is 1. The minimum atomic E-state index is 0. The van der Waals surface area contributed by atoms with Crippen LogP contribution in [0.4, 0.5) is 0 Å². The molecule has 6 heteroatoms. The van der Waals surface area contributed by atoms with Crippen LogP contribution < -0.4 is 5.32 Å². The van der Waals surface area contributed by atoms with Gasteiger partial charge in [-0.25, -0.2) is 0 Å². The molecule has 2 aliphatic heterocycles. The summed E-state index contributed by atoms with van der Waals surface area (Å²) >= 11 is 0. The average molecular weight is 438 g/mol. The smallest absolute Gasteiger partial charge is 0.193 e. The summed E-state index contributed by atoms with van der Waals surface area (Å²) in [5.74, 6) is 1.10. The van der Waals surface area contributed by atoms with Crippen LogP contribution in [0.5, 0.6) is 0 Å². The number of hydrogen-bond acceptors (Lipinski definition) is 3. The van der Waals surface area contributed by atoms with E-state index in [4.69, 9.17) is 9.73 Å². The van der Waals surface area contributed by atoms with Crippen molar-refractivity contribution in [2.24, 2.45) is 4.99 Å². The molecule has 0 amide bonds. The Kier molecular flexibility index (Phi) is 10.5. The molecule has 1 atom stereocenters. The maximum absolute atomic E-state index is 5.75. The van der Waals surface area contributed by atoms with Crippen molar-refractivity contribution in [3.05, 3.63) is 0 Å². The molecule has 0 aromatic carbocycles. The van der Waals surface area contributed by atoms with Crippen molar-refractivity contribution in [3.8, 4) is 0 Å². The van der Waals surface area contributed by atoms with Crippen LogP contribution in [0.2, 0.25) is 0 Å². The van der Waals surface area contributed by atoms with Gasteiger partial charge in [0, 0.05) is 32.3 Å². The number of guanidine groups is 1. The van der Waals surface area contributed by atoms with Crippen molar-refractivity contribution in [2.75, 3.05) is 45.9 Å². The van der Waals surface area contributed by atoms with Crippen molar-refractivity contribution in [3.63, 3.8) is 0 Å². The van der Waals surface area contributed by atoms with E-state index in [1.807, 2.05) is 0 Å². The van der Waals surface area contributed by atoms with Crippen molar-refractivity contribution in [1.82, 2.24) is 15.1 Å². The van der Waals surface area contributed by atoms with Crippen molar-refractivity contribution in [2.45, 2.75) is 58.6 Å². The molecule has 23 heavy (non-hydrogen) atoms. The summed E-state index contributed by atoms with van der Waals surface area (Å²) in [5, 5.41) is 3.47. The maximum Gasteiger partial charge on any atom is 0.193 e. The molecule has 0 radical (unpaired) electrons. The van der Waals surface area contributed by atoms with Gasteiger partial charge in [-0.3, -0.25) is 9.89 Å². The van der Waals surface area contributed by atoms with Crippen LogP contribution in [0.25, 0.3) is 0 Å². The molecule has 2 rings (SSSR count). The predicted octanol–water partition coefficient (Wildman–Crippen LogP) is 2.56. The molecule has 2 heterocycles. The number of likely N-dealkylation sites (N-methyl/N-ethyl adjacent to an activating group) is 1. The molecule has 0 bridgehead atoms. The Labute approximate surface area is 159 Å². The first-order valence-electron chi connectivity index (χ1n) is 9.17. The molecule has 0 aliphatic carbocycles. The minimum Gasteiger partial charge on any atom is -0.378 e. The van der Waals surface area contributed by atoms with Crippen LogP contribution in [0, 0.1) is 0 Å². The van der Waals surface area contributed by atoms with Gasteiger partial charge in [-0.15, -0.1) is 24.0 Å². The Morgan fingerprint density at radius 1 is 1.13 bits per heavy atom. The Bertz CT molecular complexity index is 345. The zero-order valence-electron chi connectivity index (χ0n) is 15.1. The van der Waals surface area contributed by atoms with Gasteiger partial charge in [-0.2, -0.15) is 0 Å². The number of nitrogens with one attached hydrogen (secondary N) is 1. The van der Waals surface area contributed by atoms with Gasteiger partial charge >= 0.3 is 0 Å².